The summed E-state index contributed by atoms with van der Waals surface area (Å²) >= 11 is 0. The number of nitrogens with two attached hydrogens (primary N) is 1. The minimum Gasteiger partial charge on any atom is -0.383 e. The molecule has 0 aromatic carbocycles. The lowest BCUT2D eigenvalue weighted by Crippen LogP contribution is -2.38. The molecule has 4 heterocycles. The number of hydrogen-bond donors (Lipinski definition) is 3. The van der Waals surface area contributed by atoms with Crippen molar-refractivity contribution in [1.82, 2.24) is 19.9 Å². The molecule has 9 nitrogen and oxygen atoms in total. The Bertz CT molecular complexity index is 725. The molecule has 120 valence electrons. The van der Waals surface area contributed by atoms with Gasteiger partial charge in [0.2, 0.25) is 11.9 Å². The number of ether oxygens (including phenoxy) is 1. The quantitative estimate of drug-likeness (QED) is 0.718. The number of imidazole rings is 1. The Morgan fingerprint density at radius 3 is 2.87 bits per heavy atom. The molecular weight excluding hydrogens is 298 g/mol. The number of amides is 1. The first-order chi connectivity index (χ1) is 11.2. The molecule has 2 aromatic heterocycles. The number of carbonyl (C=O) groups is 1. The summed E-state index contributed by atoms with van der Waals surface area (Å²) in [7, 11) is 0. The van der Waals surface area contributed by atoms with E-state index in [9.17, 15) is 4.79 Å². The molecule has 1 fully saturated rings. The number of aromatic amines is 1. The Kier molecular flexibility index (Phi) is 3.34. The number of nitrogens with one attached hydrogen (secondary N) is 2. The summed E-state index contributed by atoms with van der Waals surface area (Å²) in [6.07, 6.45) is 3.65. The Morgan fingerprint density at radius 1 is 1.30 bits per heavy atom. The lowest BCUT2D eigenvalue weighted by Gasteiger charge is -2.30. The zero-order chi connectivity index (χ0) is 15.8. The van der Waals surface area contributed by atoms with Gasteiger partial charge in [-0.05, 0) is 0 Å². The van der Waals surface area contributed by atoms with Crippen LogP contribution in [0, 0.1) is 0 Å². The van der Waals surface area contributed by atoms with Crippen LogP contribution in [0.1, 0.15) is 23.7 Å². The van der Waals surface area contributed by atoms with Gasteiger partial charge in [0, 0.05) is 37.5 Å². The van der Waals surface area contributed by atoms with Crippen LogP contribution in [0.2, 0.25) is 0 Å². The van der Waals surface area contributed by atoms with Crippen molar-refractivity contribution in [3.63, 3.8) is 0 Å². The highest BCUT2D eigenvalue weighted by Gasteiger charge is 2.33. The van der Waals surface area contributed by atoms with Gasteiger partial charge < -0.3 is 25.7 Å². The molecule has 0 radical (unpaired) electrons. The fourth-order valence-corrected chi connectivity index (χ4v) is 2.99. The van der Waals surface area contributed by atoms with Crippen LogP contribution in [0.4, 0.5) is 17.6 Å². The normalized spacial score (nSPS) is 21.0. The van der Waals surface area contributed by atoms with Gasteiger partial charge in [-0.15, -0.1) is 0 Å². The maximum Gasteiger partial charge on any atom is 0.229 e. The third-order valence-corrected chi connectivity index (χ3v) is 4.10. The number of morpholine rings is 1. The van der Waals surface area contributed by atoms with Gasteiger partial charge in [-0.25, -0.2) is 4.98 Å². The number of H-pyrrole nitrogens is 1. The SMILES string of the molecule is Nc1nc(N2CCOCC2)nc2c1C(c1ncc[nH]1)CC(=O)N2. The Labute approximate surface area is 132 Å². The zero-order valence-corrected chi connectivity index (χ0v) is 12.5. The first-order valence-corrected chi connectivity index (χ1v) is 7.51. The van der Waals surface area contributed by atoms with Gasteiger partial charge in [0.05, 0.1) is 19.1 Å². The Hall–Kier alpha value is -2.68. The summed E-state index contributed by atoms with van der Waals surface area (Å²) in [6, 6.07) is 0. The average molecular weight is 315 g/mol. The number of fused-ring (bicyclic) bond motifs is 1. The molecule has 0 saturated carbocycles. The molecule has 4 rings (SSSR count). The van der Waals surface area contributed by atoms with Crippen LogP contribution >= 0.6 is 0 Å². The number of aromatic nitrogens is 4. The van der Waals surface area contributed by atoms with Crippen molar-refractivity contribution in [3.8, 4) is 0 Å². The molecule has 0 spiro atoms. The van der Waals surface area contributed by atoms with E-state index < -0.39 is 0 Å². The van der Waals surface area contributed by atoms with Crippen molar-refractivity contribution in [1.29, 1.82) is 0 Å². The van der Waals surface area contributed by atoms with Crippen molar-refractivity contribution in [2.24, 2.45) is 0 Å². The lowest BCUT2D eigenvalue weighted by molar-refractivity contribution is -0.116. The predicted molar refractivity (Wildman–Crippen MR) is 83.2 cm³/mol. The van der Waals surface area contributed by atoms with E-state index in [1.807, 2.05) is 4.90 Å². The van der Waals surface area contributed by atoms with Crippen molar-refractivity contribution in [2.75, 3.05) is 42.3 Å². The molecule has 1 unspecified atom stereocenters. The van der Waals surface area contributed by atoms with E-state index in [1.165, 1.54) is 0 Å². The van der Waals surface area contributed by atoms with Gasteiger partial charge in [-0.3, -0.25) is 4.79 Å². The van der Waals surface area contributed by atoms with E-state index in [1.54, 1.807) is 12.4 Å². The third-order valence-electron chi connectivity index (χ3n) is 4.10. The minimum atomic E-state index is -0.257. The highest BCUT2D eigenvalue weighted by Crippen LogP contribution is 2.38. The van der Waals surface area contributed by atoms with E-state index in [-0.39, 0.29) is 18.2 Å². The summed E-state index contributed by atoms with van der Waals surface area (Å²) in [5.74, 6) is 1.69. The second kappa shape index (κ2) is 5.51. The van der Waals surface area contributed by atoms with Crippen LogP contribution in [0.15, 0.2) is 12.4 Å². The molecule has 0 bridgehead atoms. The summed E-state index contributed by atoms with van der Waals surface area (Å²) in [4.78, 5) is 30.3. The summed E-state index contributed by atoms with van der Waals surface area (Å²) in [6.45, 7) is 2.66. The number of nitrogen functional groups attached to an aromatic ring is 1. The van der Waals surface area contributed by atoms with E-state index in [0.29, 0.717) is 49.7 Å². The van der Waals surface area contributed by atoms with Crippen LogP contribution in [-0.2, 0) is 9.53 Å². The summed E-state index contributed by atoms with van der Waals surface area (Å²) < 4.78 is 5.34. The van der Waals surface area contributed by atoms with Crippen molar-refractivity contribution < 1.29 is 9.53 Å². The zero-order valence-electron chi connectivity index (χ0n) is 12.5. The largest absolute Gasteiger partial charge is 0.383 e. The molecule has 4 N–H and O–H groups in total. The lowest BCUT2D eigenvalue weighted by atomic mass is 9.92. The first kappa shape index (κ1) is 13.9. The molecule has 1 atom stereocenters. The van der Waals surface area contributed by atoms with Crippen molar-refractivity contribution in [3.05, 3.63) is 23.8 Å². The Balaban J connectivity index is 1.76. The molecule has 2 aliphatic rings. The smallest absolute Gasteiger partial charge is 0.229 e. The maximum absolute atomic E-state index is 12.0. The van der Waals surface area contributed by atoms with E-state index in [4.69, 9.17) is 10.5 Å². The van der Waals surface area contributed by atoms with Crippen molar-refractivity contribution in [2.45, 2.75) is 12.3 Å². The number of carbonyl (C=O) groups excluding carboxylic acids is 1. The van der Waals surface area contributed by atoms with Gasteiger partial charge in [-0.1, -0.05) is 0 Å². The number of anilines is 3. The van der Waals surface area contributed by atoms with Gasteiger partial charge in [0.1, 0.15) is 17.5 Å². The first-order valence-electron chi connectivity index (χ1n) is 7.51. The van der Waals surface area contributed by atoms with Crippen LogP contribution in [-0.4, -0.2) is 52.1 Å². The highest BCUT2D eigenvalue weighted by atomic mass is 16.5. The second-order valence-electron chi connectivity index (χ2n) is 5.55. The standard InChI is InChI=1S/C14H17N7O2/c15-11-10-8(12-16-1-2-17-12)7-9(22)18-13(10)20-14(19-11)21-3-5-23-6-4-21/h1-2,8H,3-7H2,(H,16,17)(H3,15,18,19,20,22). The fourth-order valence-electron chi connectivity index (χ4n) is 2.99. The Morgan fingerprint density at radius 2 is 2.13 bits per heavy atom. The highest BCUT2D eigenvalue weighted by molar-refractivity contribution is 5.95. The second-order valence-corrected chi connectivity index (χ2v) is 5.55. The molecule has 1 saturated heterocycles. The maximum atomic E-state index is 12.0. The molecule has 1 amide bonds. The van der Waals surface area contributed by atoms with E-state index in [0.717, 1.165) is 5.56 Å². The minimum absolute atomic E-state index is 0.107. The van der Waals surface area contributed by atoms with Gasteiger partial charge in [0.25, 0.3) is 0 Å². The predicted octanol–water partition coefficient (Wildman–Crippen LogP) is 0.0926. The van der Waals surface area contributed by atoms with Gasteiger partial charge in [-0.2, -0.15) is 9.97 Å². The van der Waals surface area contributed by atoms with Crippen molar-refractivity contribution >= 4 is 23.5 Å². The van der Waals surface area contributed by atoms with E-state index in [2.05, 4.69) is 25.3 Å². The van der Waals surface area contributed by atoms with Crippen LogP contribution in [0.5, 0.6) is 0 Å². The number of nitrogens with zero attached hydrogens (tertiary/aromatic N) is 4. The molecule has 9 heteroatoms. The summed E-state index contributed by atoms with van der Waals surface area (Å²) in [5.41, 5.74) is 6.91. The van der Waals surface area contributed by atoms with Crippen LogP contribution in [0.25, 0.3) is 0 Å². The fraction of sp³-hybridized carbons (Fsp3) is 0.429. The topological polar surface area (TPSA) is 122 Å². The van der Waals surface area contributed by atoms with Gasteiger partial charge >= 0.3 is 0 Å². The molecule has 2 aliphatic heterocycles. The number of rotatable bonds is 2. The monoisotopic (exact) mass is 315 g/mol. The molecular formula is C14H17N7O2. The molecule has 2 aromatic rings. The molecule has 23 heavy (non-hydrogen) atoms. The average Bonchev–Trinajstić information content (AvgIpc) is 3.09. The number of hydrogen-bond acceptors (Lipinski definition) is 7. The van der Waals surface area contributed by atoms with Gasteiger partial charge in [0.15, 0.2) is 0 Å². The molecule has 0 aliphatic carbocycles. The van der Waals surface area contributed by atoms with Crippen LogP contribution in [0.3, 0.4) is 0 Å². The third kappa shape index (κ3) is 2.48. The summed E-state index contributed by atoms with van der Waals surface area (Å²) in [5, 5.41) is 2.80. The van der Waals surface area contributed by atoms with Crippen LogP contribution < -0.4 is 16.0 Å². The van der Waals surface area contributed by atoms with E-state index >= 15 is 0 Å².